The number of hydrogen-bond donors (Lipinski definition) is 4. The van der Waals surface area contributed by atoms with Crippen molar-refractivity contribution in [2.24, 2.45) is 4.99 Å². The predicted molar refractivity (Wildman–Crippen MR) is 89.2 cm³/mol. The Kier molecular flexibility index (Phi) is 3.70. The van der Waals surface area contributed by atoms with Crippen molar-refractivity contribution in [3.8, 4) is 0 Å². The summed E-state index contributed by atoms with van der Waals surface area (Å²) in [7, 11) is 1.40. The van der Waals surface area contributed by atoms with Gasteiger partial charge in [0.05, 0.1) is 30.8 Å². The van der Waals surface area contributed by atoms with Crippen molar-refractivity contribution in [3.63, 3.8) is 0 Å². The highest BCUT2D eigenvalue weighted by Crippen LogP contribution is 2.44. The van der Waals surface area contributed by atoms with Gasteiger partial charge >= 0.3 is 0 Å². The number of aliphatic hydroxyl groups is 3. The first-order valence-electron chi connectivity index (χ1n) is 7.85. The van der Waals surface area contributed by atoms with Crippen molar-refractivity contribution in [2.45, 2.75) is 31.0 Å². The SMILES string of the molecule is COC1=Nc2c3c(nc(=O)cnc3cn2C2O[C@H](CO)[C@@H](O)[C@]2(C)O)N1. The van der Waals surface area contributed by atoms with E-state index < -0.39 is 36.2 Å². The largest absolute Gasteiger partial charge is 0.468 e. The highest BCUT2D eigenvalue weighted by atomic mass is 16.6. The van der Waals surface area contributed by atoms with Gasteiger partial charge in [-0.3, -0.25) is 10.1 Å². The van der Waals surface area contributed by atoms with Gasteiger partial charge < -0.3 is 29.4 Å². The molecule has 0 bridgehead atoms. The van der Waals surface area contributed by atoms with Gasteiger partial charge in [-0.05, 0) is 6.92 Å². The summed E-state index contributed by atoms with van der Waals surface area (Å²) < 4.78 is 12.2. The van der Waals surface area contributed by atoms with Gasteiger partial charge in [0.25, 0.3) is 11.6 Å². The van der Waals surface area contributed by atoms with Crippen molar-refractivity contribution < 1.29 is 24.8 Å². The number of anilines is 1. The summed E-state index contributed by atoms with van der Waals surface area (Å²) in [6, 6.07) is 0.0914. The third kappa shape index (κ3) is 2.29. The number of nitrogens with one attached hydrogen (secondary N) is 1. The summed E-state index contributed by atoms with van der Waals surface area (Å²) in [5.74, 6) is 0.497. The smallest absolute Gasteiger partial charge is 0.296 e. The van der Waals surface area contributed by atoms with Crippen molar-refractivity contribution >= 4 is 28.6 Å². The Morgan fingerprint density at radius 2 is 2.27 bits per heavy atom. The van der Waals surface area contributed by atoms with E-state index in [-0.39, 0.29) is 17.7 Å². The zero-order valence-electron chi connectivity index (χ0n) is 13.9. The maximum absolute atomic E-state index is 11.7. The van der Waals surface area contributed by atoms with Gasteiger partial charge in [-0.2, -0.15) is 9.98 Å². The molecule has 0 radical (unpaired) electrons. The van der Waals surface area contributed by atoms with Crippen LogP contribution in [-0.4, -0.2) is 67.4 Å². The van der Waals surface area contributed by atoms with Gasteiger partial charge in [0.1, 0.15) is 17.8 Å². The fraction of sp³-hybridized carbons (Fsp3) is 0.467. The van der Waals surface area contributed by atoms with Crippen molar-refractivity contribution in [3.05, 3.63) is 22.7 Å². The highest BCUT2D eigenvalue weighted by molar-refractivity contribution is 6.08. The van der Waals surface area contributed by atoms with Gasteiger partial charge in [-0.15, -0.1) is 0 Å². The standard InChI is InChI=1S/C15H17N5O6/c1-15(24)10(23)7(5-21)26-13(15)20-4-6-9-11(17-8(22)3-16-6)18-14(25-2)19-12(9)20/h3-4,7,10,13,21,23-24H,5H2,1-2H3,(H,17,18,19,22)/t7-,10-,13?,15+/m1/s1. The van der Waals surface area contributed by atoms with Crippen molar-refractivity contribution in [1.82, 2.24) is 14.5 Å². The molecule has 4 heterocycles. The first kappa shape index (κ1) is 16.8. The van der Waals surface area contributed by atoms with Crippen LogP contribution < -0.4 is 10.9 Å². The van der Waals surface area contributed by atoms with E-state index in [0.29, 0.717) is 10.9 Å². The van der Waals surface area contributed by atoms with Crippen LogP contribution in [0.25, 0.3) is 10.9 Å². The second kappa shape index (κ2) is 5.71. The number of aromatic nitrogens is 3. The van der Waals surface area contributed by atoms with E-state index in [9.17, 15) is 20.1 Å². The maximum atomic E-state index is 11.7. The van der Waals surface area contributed by atoms with Gasteiger partial charge in [-0.25, -0.2) is 4.98 Å². The molecule has 0 spiro atoms. The van der Waals surface area contributed by atoms with Crippen molar-refractivity contribution in [2.75, 3.05) is 19.0 Å². The average molecular weight is 363 g/mol. The minimum Gasteiger partial charge on any atom is -0.468 e. The summed E-state index contributed by atoms with van der Waals surface area (Å²) in [6.07, 6.45) is -0.722. The summed E-state index contributed by atoms with van der Waals surface area (Å²) in [6.45, 7) is 0.942. The number of hydrogen-bond acceptors (Lipinski definition) is 10. The molecule has 4 atom stereocenters. The third-order valence-corrected chi connectivity index (χ3v) is 4.57. The Balaban J connectivity index is 1.96. The minimum absolute atomic E-state index is 0.0914. The zero-order chi connectivity index (χ0) is 18.6. The van der Waals surface area contributed by atoms with E-state index in [1.807, 2.05) is 0 Å². The lowest BCUT2D eigenvalue weighted by atomic mass is 9.96. The van der Waals surface area contributed by atoms with Gasteiger partial charge in [0, 0.05) is 6.20 Å². The Bertz CT molecular complexity index is 971. The normalized spacial score (nSPS) is 30.2. The number of amidine groups is 1. The van der Waals surface area contributed by atoms with E-state index in [4.69, 9.17) is 9.47 Å². The average Bonchev–Trinajstić information content (AvgIpc) is 3.01. The molecule has 0 amide bonds. The molecule has 0 saturated carbocycles. The lowest BCUT2D eigenvalue weighted by Gasteiger charge is -2.28. The Morgan fingerprint density at radius 1 is 1.50 bits per heavy atom. The molecule has 1 fully saturated rings. The van der Waals surface area contributed by atoms with Crippen LogP contribution in [0.4, 0.5) is 11.6 Å². The molecule has 0 aromatic carbocycles. The van der Waals surface area contributed by atoms with E-state index in [1.54, 1.807) is 0 Å². The Morgan fingerprint density at radius 3 is 2.92 bits per heavy atom. The second-order valence-electron chi connectivity index (χ2n) is 6.30. The summed E-state index contributed by atoms with van der Waals surface area (Å²) in [5.41, 5.74) is -1.86. The molecule has 2 aromatic heterocycles. The van der Waals surface area contributed by atoms with Gasteiger partial charge in [-0.1, -0.05) is 0 Å². The lowest BCUT2D eigenvalue weighted by molar-refractivity contribution is -0.0955. The summed E-state index contributed by atoms with van der Waals surface area (Å²) in [4.78, 5) is 24.1. The molecule has 1 unspecified atom stereocenters. The molecule has 2 aromatic rings. The van der Waals surface area contributed by atoms with Crippen LogP contribution in [0.3, 0.4) is 0 Å². The first-order chi connectivity index (χ1) is 12.4. The molecule has 1 saturated heterocycles. The molecular weight excluding hydrogens is 346 g/mol. The van der Waals surface area contributed by atoms with Crippen LogP contribution in [0.15, 0.2) is 22.2 Å². The van der Waals surface area contributed by atoms with Crippen LogP contribution >= 0.6 is 0 Å². The molecule has 2 aliphatic rings. The molecule has 26 heavy (non-hydrogen) atoms. The van der Waals surface area contributed by atoms with E-state index in [2.05, 4.69) is 20.3 Å². The van der Waals surface area contributed by atoms with E-state index in [1.165, 1.54) is 24.8 Å². The monoisotopic (exact) mass is 363 g/mol. The van der Waals surface area contributed by atoms with Gasteiger partial charge in [0.2, 0.25) is 0 Å². The topological polar surface area (TPSA) is 151 Å². The molecule has 11 heteroatoms. The molecular formula is C15H17N5O6. The number of rotatable bonds is 2. The molecule has 0 aliphatic carbocycles. The third-order valence-electron chi connectivity index (χ3n) is 4.57. The van der Waals surface area contributed by atoms with Crippen LogP contribution in [-0.2, 0) is 9.47 Å². The van der Waals surface area contributed by atoms with E-state index >= 15 is 0 Å². The Labute approximate surface area is 146 Å². The number of nitrogens with zero attached hydrogens (tertiary/aromatic N) is 4. The Hall–Kier alpha value is -2.60. The number of aliphatic hydroxyl groups excluding tert-OH is 2. The summed E-state index contributed by atoms with van der Waals surface area (Å²) in [5, 5.41) is 33.6. The van der Waals surface area contributed by atoms with Crippen LogP contribution in [0, 0.1) is 0 Å². The predicted octanol–water partition coefficient (Wildman–Crippen LogP) is -1.15. The van der Waals surface area contributed by atoms with Crippen molar-refractivity contribution in [1.29, 1.82) is 0 Å². The van der Waals surface area contributed by atoms with Crippen LogP contribution in [0.5, 0.6) is 0 Å². The van der Waals surface area contributed by atoms with Gasteiger partial charge in [0.15, 0.2) is 17.9 Å². The number of methoxy groups -OCH3 is 1. The lowest BCUT2D eigenvalue weighted by Crippen LogP contribution is -2.44. The van der Waals surface area contributed by atoms with Crippen LogP contribution in [0.2, 0.25) is 0 Å². The highest BCUT2D eigenvalue weighted by Gasteiger charge is 2.53. The quantitative estimate of drug-likeness (QED) is 0.518. The molecule has 138 valence electrons. The molecule has 4 N–H and O–H groups in total. The summed E-state index contributed by atoms with van der Waals surface area (Å²) >= 11 is 0. The van der Waals surface area contributed by atoms with E-state index in [0.717, 1.165) is 6.20 Å². The molecule has 4 rings (SSSR count). The zero-order valence-corrected chi connectivity index (χ0v) is 13.9. The van der Waals surface area contributed by atoms with Crippen LogP contribution in [0.1, 0.15) is 13.2 Å². The first-order valence-corrected chi connectivity index (χ1v) is 7.85. The number of aliphatic imine (C=N–C) groups is 1. The maximum Gasteiger partial charge on any atom is 0.296 e. The minimum atomic E-state index is -1.70. The molecule has 11 nitrogen and oxygen atoms in total. The number of ether oxygens (including phenoxy) is 2. The fourth-order valence-electron chi connectivity index (χ4n) is 3.24. The second-order valence-corrected chi connectivity index (χ2v) is 6.30. The fourth-order valence-corrected chi connectivity index (χ4v) is 3.24. The molecule has 2 aliphatic heterocycles.